The Kier molecular flexibility index (Phi) is 4.76. The maximum Gasteiger partial charge on any atom is 0.253 e. The predicted molar refractivity (Wildman–Crippen MR) is 73.4 cm³/mol. The summed E-state index contributed by atoms with van der Waals surface area (Å²) in [6.45, 7) is 1.35. The summed E-state index contributed by atoms with van der Waals surface area (Å²) in [5, 5.41) is 0. The lowest BCUT2D eigenvalue weighted by Gasteiger charge is -2.33. The first-order valence-electron chi connectivity index (χ1n) is 6.50. The van der Waals surface area contributed by atoms with E-state index in [0.29, 0.717) is 13.1 Å². The molecule has 1 atom stereocenters. The van der Waals surface area contributed by atoms with E-state index in [9.17, 15) is 4.79 Å². The molecule has 0 radical (unpaired) electrons. The van der Waals surface area contributed by atoms with Gasteiger partial charge in [-0.1, -0.05) is 6.07 Å². The van der Waals surface area contributed by atoms with E-state index in [-0.39, 0.29) is 18.6 Å². The fraction of sp³-hybridized carbons (Fsp3) is 0.500. The van der Waals surface area contributed by atoms with Crippen LogP contribution in [0.1, 0.15) is 12.8 Å². The summed E-state index contributed by atoms with van der Waals surface area (Å²) >= 11 is 0. The second-order valence-corrected chi connectivity index (χ2v) is 4.57. The number of ether oxygens (including phenoxy) is 2. The van der Waals surface area contributed by atoms with Crippen LogP contribution in [0.3, 0.4) is 0 Å². The van der Waals surface area contributed by atoms with Crippen molar-refractivity contribution in [3.8, 4) is 5.75 Å². The average Bonchev–Trinajstić information content (AvgIpc) is 2.46. The highest BCUT2D eigenvalue weighted by Gasteiger charge is 2.27. The van der Waals surface area contributed by atoms with Gasteiger partial charge in [-0.15, -0.1) is 0 Å². The van der Waals surface area contributed by atoms with Gasteiger partial charge in [0, 0.05) is 11.8 Å². The van der Waals surface area contributed by atoms with Crippen molar-refractivity contribution in [2.24, 2.45) is 5.73 Å². The molecule has 1 saturated heterocycles. The molecule has 104 valence electrons. The molecule has 1 aliphatic heterocycles. The highest BCUT2D eigenvalue weighted by molar-refractivity contribution is 5.95. The molecule has 1 aliphatic rings. The molecule has 5 heteroatoms. The van der Waals surface area contributed by atoms with Crippen molar-refractivity contribution in [3.63, 3.8) is 0 Å². The van der Waals surface area contributed by atoms with Gasteiger partial charge in [0.05, 0.1) is 19.8 Å². The first-order valence-corrected chi connectivity index (χ1v) is 6.50. The van der Waals surface area contributed by atoms with Gasteiger partial charge >= 0.3 is 0 Å². The zero-order valence-corrected chi connectivity index (χ0v) is 11.2. The highest BCUT2D eigenvalue weighted by Crippen LogP contribution is 2.24. The average molecular weight is 264 g/mol. The number of nitrogens with zero attached hydrogens (tertiary/aromatic N) is 1. The van der Waals surface area contributed by atoms with Crippen molar-refractivity contribution in [2.45, 2.75) is 18.9 Å². The van der Waals surface area contributed by atoms with Gasteiger partial charge in [0.15, 0.2) is 0 Å². The van der Waals surface area contributed by atoms with E-state index in [1.807, 2.05) is 24.3 Å². The minimum absolute atomic E-state index is 0.0164. The Balaban J connectivity index is 2.09. The highest BCUT2D eigenvalue weighted by atomic mass is 16.5. The molecule has 5 nitrogen and oxygen atoms in total. The number of anilines is 1. The summed E-state index contributed by atoms with van der Waals surface area (Å²) in [5.74, 6) is 0.729. The van der Waals surface area contributed by atoms with Gasteiger partial charge in [-0.2, -0.15) is 0 Å². The largest absolute Gasteiger partial charge is 0.497 e. The zero-order valence-electron chi connectivity index (χ0n) is 11.2. The Bertz CT molecular complexity index is 436. The van der Waals surface area contributed by atoms with Crippen LogP contribution >= 0.6 is 0 Å². The van der Waals surface area contributed by atoms with Crippen LogP contribution in [0, 0.1) is 0 Å². The molecule has 1 heterocycles. The number of hydrogen-bond acceptors (Lipinski definition) is 4. The molecule has 1 aromatic rings. The third-order valence-corrected chi connectivity index (χ3v) is 3.22. The number of nitrogens with two attached hydrogens (primary N) is 1. The molecule has 19 heavy (non-hydrogen) atoms. The predicted octanol–water partition coefficient (Wildman–Crippen LogP) is 1.17. The molecular weight excluding hydrogens is 244 g/mol. The molecule has 2 N–H and O–H groups in total. The number of amides is 1. The number of benzene rings is 1. The standard InChI is InChI=1S/C14H20N2O3/c1-18-12-5-2-4-11(8-12)16-9-13(6-3-7-15)19-10-14(16)17/h2,4-5,8,13H,3,6-7,9-10,15H2,1H3. The van der Waals surface area contributed by atoms with E-state index in [1.165, 1.54) is 0 Å². The molecule has 0 aromatic heterocycles. The van der Waals surface area contributed by atoms with Crippen LogP contribution in [0.4, 0.5) is 5.69 Å². The summed E-state index contributed by atoms with van der Waals surface area (Å²) < 4.78 is 10.7. The van der Waals surface area contributed by atoms with E-state index in [0.717, 1.165) is 24.3 Å². The third kappa shape index (κ3) is 3.45. The number of carbonyl (C=O) groups excluding carboxylic acids is 1. The SMILES string of the molecule is COc1cccc(N2CC(CCCN)OCC2=O)c1. The maximum atomic E-state index is 11.9. The maximum absolute atomic E-state index is 11.9. The molecular formula is C14H20N2O3. The van der Waals surface area contributed by atoms with Crippen molar-refractivity contribution >= 4 is 11.6 Å². The van der Waals surface area contributed by atoms with Crippen molar-refractivity contribution < 1.29 is 14.3 Å². The zero-order chi connectivity index (χ0) is 13.7. The Labute approximate surface area is 113 Å². The Hall–Kier alpha value is -1.59. The Morgan fingerprint density at radius 2 is 2.37 bits per heavy atom. The summed E-state index contributed by atoms with van der Waals surface area (Å²) in [6, 6.07) is 7.51. The van der Waals surface area contributed by atoms with Gasteiger partial charge in [0.25, 0.3) is 5.91 Å². The third-order valence-electron chi connectivity index (χ3n) is 3.22. The lowest BCUT2D eigenvalue weighted by Crippen LogP contribution is -2.46. The molecule has 0 aliphatic carbocycles. The van der Waals surface area contributed by atoms with Crippen LogP contribution in [-0.2, 0) is 9.53 Å². The number of methoxy groups -OCH3 is 1. The van der Waals surface area contributed by atoms with Gasteiger partial charge in [-0.25, -0.2) is 0 Å². The van der Waals surface area contributed by atoms with Crippen LogP contribution in [0.15, 0.2) is 24.3 Å². The van der Waals surface area contributed by atoms with Gasteiger partial charge in [-0.05, 0) is 31.5 Å². The minimum atomic E-state index is -0.0164. The van der Waals surface area contributed by atoms with Crippen LogP contribution in [-0.4, -0.2) is 38.8 Å². The first kappa shape index (κ1) is 13.8. The van der Waals surface area contributed by atoms with E-state index >= 15 is 0 Å². The molecule has 0 saturated carbocycles. The fourth-order valence-electron chi connectivity index (χ4n) is 2.17. The van der Waals surface area contributed by atoms with Crippen molar-refractivity contribution in [2.75, 3.05) is 31.7 Å². The van der Waals surface area contributed by atoms with Crippen LogP contribution in [0.2, 0.25) is 0 Å². The van der Waals surface area contributed by atoms with Gasteiger partial charge in [0.1, 0.15) is 12.4 Å². The fourth-order valence-corrected chi connectivity index (χ4v) is 2.17. The van der Waals surface area contributed by atoms with E-state index in [1.54, 1.807) is 12.0 Å². The second kappa shape index (κ2) is 6.54. The topological polar surface area (TPSA) is 64.8 Å². The van der Waals surface area contributed by atoms with Gasteiger partial charge in [-0.3, -0.25) is 4.79 Å². The van der Waals surface area contributed by atoms with Crippen LogP contribution in [0.25, 0.3) is 0 Å². The van der Waals surface area contributed by atoms with Crippen molar-refractivity contribution in [1.29, 1.82) is 0 Å². The minimum Gasteiger partial charge on any atom is -0.497 e. The molecule has 2 rings (SSSR count). The molecule has 1 unspecified atom stereocenters. The van der Waals surface area contributed by atoms with E-state index in [2.05, 4.69) is 0 Å². The number of rotatable bonds is 5. The Morgan fingerprint density at radius 1 is 1.53 bits per heavy atom. The smallest absolute Gasteiger partial charge is 0.253 e. The first-order chi connectivity index (χ1) is 9.24. The summed E-state index contributed by atoms with van der Waals surface area (Å²) in [7, 11) is 1.62. The molecule has 1 amide bonds. The normalized spacial score (nSPS) is 19.6. The second-order valence-electron chi connectivity index (χ2n) is 4.57. The molecule has 1 fully saturated rings. The summed E-state index contributed by atoms with van der Waals surface area (Å²) in [5.41, 5.74) is 6.36. The van der Waals surface area contributed by atoms with Crippen molar-refractivity contribution in [1.82, 2.24) is 0 Å². The van der Waals surface area contributed by atoms with E-state index < -0.39 is 0 Å². The van der Waals surface area contributed by atoms with Crippen molar-refractivity contribution in [3.05, 3.63) is 24.3 Å². The molecule has 0 spiro atoms. The summed E-state index contributed by atoms with van der Waals surface area (Å²) in [4.78, 5) is 13.7. The van der Waals surface area contributed by atoms with Gasteiger partial charge < -0.3 is 20.1 Å². The van der Waals surface area contributed by atoms with E-state index in [4.69, 9.17) is 15.2 Å². The van der Waals surface area contributed by atoms with Crippen LogP contribution < -0.4 is 15.4 Å². The number of hydrogen-bond donors (Lipinski definition) is 1. The monoisotopic (exact) mass is 264 g/mol. The lowest BCUT2D eigenvalue weighted by atomic mass is 10.1. The number of morpholine rings is 1. The summed E-state index contributed by atoms with van der Waals surface area (Å²) in [6.07, 6.45) is 1.85. The number of carbonyl (C=O) groups is 1. The lowest BCUT2D eigenvalue weighted by molar-refractivity contribution is -0.129. The quantitative estimate of drug-likeness (QED) is 0.867. The molecule has 0 bridgehead atoms. The molecule has 1 aromatic carbocycles. The van der Waals surface area contributed by atoms with Gasteiger partial charge in [0.2, 0.25) is 0 Å². The Morgan fingerprint density at radius 3 is 3.11 bits per heavy atom. The van der Waals surface area contributed by atoms with Crippen LogP contribution in [0.5, 0.6) is 5.75 Å².